The van der Waals surface area contributed by atoms with Gasteiger partial charge in [0.25, 0.3) is 0 Å². The summed E-state index contributed by atoms with van der Waals surface area (Å²) in [4.78, 5) is 13.1. The lowest BCUT2D eigenvalue weighted by Crippen LogP contribution is -2.16. The molecule has 4 rings (SSSR count). The summed E-state index contributed by atoms with van der Waals surface area (Å²) in [5, 5.41) is 16.6. The van der Waals surface area contributed by atoms with Gasteiger partial charge in [0.1, 0.15) is 23.5 Å². The molecule has 1 N–H and O–H groups in total. The Morgan fingerprint density at radius 2 is 2.12 bits per heavy atom. The standard InChI is InChI=1S/C22H19F2N7O.H2/c1-3-15(11-25)32-22-29-19(17-12-27-31-8-4-7-26-21(17)31)10-20(30-22)28-13(2)16-6-5-14(23)9-18(16)24;/h4-10,12-13,15H,3H2,1-2H3,(H,28,29,30);1H/t13-,15?;/m0./s1. The van der Waals surface area contributed by atoms with Gasteiger partial charge < -0.3 is 10.1 Å². The number of nitrogens with one attached hydrogen (secondary N) is 1. The molecule has 0 aliphatic heterocycles. The molecule has 0 saturated heterocycles. The zero-order valence-electron chi connectivity index (χ0n) is 17.3. The molecule has 0 bridgehead atoms. The molecule has 0 saturated carbocycles. The molecule has 0 radical (unpaired) electrons. The van der Waals surface area contributed by atoms with Crippen LogP contribution >= 0.6 is 0 Å². The molecule has 0 amide bonds. The van der Waals surface area contributed by atoms with E-state index in [0.717, 1.165) is 6.07 Å². The van der Waals surface area contributed by atoms with Gasteiger partial charge in [-0.15, -0.1) is 0 Å². The van der Waals surface area contributed by atoms with Crippen LogP contribution in [-0.4, -0.2) is 30.7 Å². The summed E-state index contributed by atoms with van der Waals surface area (Å²) in [6, 6.07) is 8.31. The van der Waals surface area contributed by atoms with Crippen molar-refractivity contribution in [2.45, 2.75) is 32.4 Å². The van der Waals surface area contributed by atoms with E-state index in [4.69, 9.17) is 4.74 Å². The van der Waals surface area contributed by atoms with Crippen molar-refractivity contribution in [3.05, 3.63) is 66.1 Å². The number of hydrogen-bond donors (Lipinski definition) is 1. The van der Waals surface area contributed by atoms with Gasteiger partial charge in [-0.25, -0.2) is 18.3 Å². The van der Waals surface area contributed by atoms with Crippen LogP contribution in [0.4, 0.5) is 14.6 Å². The number of aromatic nitrogens is 5. The molecule has 2 atom stereocenters. The van der Waals surface area contributed by atoms with Crippen molar-refractivity contribution < 1.29 is 14.9 Å². The molecule has 3 heterocycles. The van der Waals surface area contributed by atoms with Gasteiger partial charge in [-0.3, -0.25) is 0 Å². The van der Waals surface area contributed by atoms with Crippen LogP contribution in [0.1, 0.15) is 33.3 Å². The Labute approximate surface area is 184 Å². The molecule has 0 aliphatic carbocycles. The van der Waals surface area contributed by atoms with Crippen LogP contribution in [0, 0.1) is 23.0 Å². The van der Waals surface area contributed by atoms with E-state index in [-0.39, 0.29) is 13.0 Å². The van der Waals surface area contributed by atoms with E-state index in [1.165, 1.54) is 12.1 Å². The van der Waals surface area contributed by atoms with E-state index >= 15 is 0 Å². The van der Waals surface area contributed by atoms with E-state index in [1.807, 2.05) is 13.0 Å². The van der Waals surface area contributed by atoms with Crippen molar-refractivity contribution >= 4 is 11.5 Å². The third-order valence-electron chi connectivity index (χ3n) is 4.82. The molecular weight excluding hydrogens is 416 g/mol. The fraction of sp³-hybridized carbons (Fsp3) is 0.227. The van der Waals surface area contributed by atoms with Crippen molar-refractivity contribution in [3.63, 3.8) is 0 Å². The van der Waals surface area contributed by atoms with Gasteiger partial charge in [0.2, 0.25) is 0 Å². The second kappa shape index (κ2) is 8.93. The van der Waals surface area contributed by atoms with Gasteiger partial charge in [-0.05, 0) is 25.5 Å². The molecule has 10 heteroatoms. The maximum absolute atomic E-state index is 14.2. The van der Waals surface area contributed by atoms with Crippen LogP contribution in [0.2, 0.25) is 0 Å². The van der Waals surface area contributed by atoms with Gasteiger partial charge in [-0.1, -0.05) is 13.0 Å². The Bertz CT molecular complexity index is 1310. The lowest BCUT2D eigenvalue weighted by atomic mass is 10.1. The minimum absolute atomic E-state index is 0. The minimum atomic E-state index is -0.730. The van der Waals surface area contributed by atoms with E-state index < -0.39 is 23.8 Å². The number of nitriles is 1. The minimum Gasteiger partial charge on any atom is -0.445 e. The Morgan fingerprint density at radius 3 is 2.88 bits per heavy atom. The van der Waals surface area contributed by atoms with Crippen LogP contribution in [0.5, 0.6) is 6.01 Å². The maximum atomic E-state index is 14.2. The molecule has 0 spiro atoms. The largest absolute Gasteiger partial charge is 0.445 e. The normalized spacial score (nSPS) is 12.8. The molecule has 0 fully saturated rings. The highest BCUT2D eigenvalue weighted by molar-refractivity contribution is 5.75. The highest BCUT2D eigenvalue weighted by Gasteiger charge is 2.18. The number of nitrogens with zero attached hydrogens (tertiary/aromatic N) is 6. The van der Waals surface area contributed by atoms with Gasteiger partial charge in [0.15, 0.2) is 11.8 Å². The average molecular weight is 437 g/mol. The first-order chi connectivity index (χ1) is 15.5. The molecule has 1 unspecified atom stereocenters. The van der Waals surface area contributed by atoms with Crippen LogP contribution in [-0.2, 0) is 0 Å². The monoisotopic (exact) mass is 437 g/mol. The lowest BCUT2D eigenvalue weighted by molar-refractivity contribution is 0.232. The number of anilines is 1. The van der Waals surface area contributed by atoms with Gasteiger partial charge in [0, 0.05) is 31.5 Å². The first kappa shape index (κ1) is 21.1. The zero-order chi connectivity index (χ0) is 22.7. The Balaban J connectivity index is 0.00000306. The molecule has 1 aromatic carbocycles. The first-order valence-electron chi connectivity index (χ1n) is 9.94. The van der Waals surface area contributed by atoms with Crippen LogP contribution < -0.4 is 10.1 Å². The summed E-state index contributed by atoms with van der Waals surface area (Å²) < 4.78 is 34.7. The molecule has 164 valence electrons. The van der Waals surface area contributed by atoms with Gasteiger partial charge >= 0.3 is 6.01 Å². The SMILES string of the molecule is CCC(C#N)Oc1nc(N[C@@H](C)c2ccc(F)cc2F)cc(-c2cnn3cccnc23)n1.[HH]. The number of fused-ring (bicyclic) bond motifs is 1. The van der Waals surface area contributed by atoms with Crippen molar-refractivity contribution in [1.29, 1.82) is 5.26 Å². The number of halogens is 2. The van der Waals surface area contributed by atoms with Crippen LogP contribution in [0.3, 0.4) is 0 Å². The smallest absolute Gasteiger partial charge is 0.320 e. The van der Waals surface area contributed by atoms with Crippen molar-refractivity contribution in [1.82, 2.24) is 24.6 Å². The highest BCUT2D eigenvalue weighted by Crippen LogP contribution is 2.28. The number of benzene rings is 1. The second-order valence-corrected chi connectivity index (χ2v) is 7.04. The predicted octanol–water partition coefficient (Wildman–Crippen LogP) is 4.56. The van der Waals surface area contributed by atoms with Gasteiger partial charge in [-0.2, -0.15) is 20.3 Å². The summed E-state index contributed by atoms with van der Waals surface area (Å²) in [6.45, 7) is 3.53. The summed E-state index contributed by atoms with van der Waals surface area (Å²) >= 11 is 0. The fourth-order valence-electron chi connectivity index (χ4n) is 3.18. The zero-order valence-corrected chi connectivity index (χ0v) is 17.3. The predicted molar refractivity (Wildman–Crippen MR) is 115 cm³/mol. The number of rotatable bonds is 7. The Hall–Kier alpha value is -4.13. The summed E-state index contributed by atoms with van der Waals surface area (Å²) in [5.41, 5.74) is 1.94. The van der Waals surface area contributed by atoms with E-state index in [1.54, 1.807) is 42.2 Å². The maximum Gasteiger partial charge on any atom is 0.320 e. The molecular formula is C22H21F2N7O. The number of hydrogen-bond acceptors (Lipinski definition) is 7. The van der Waals surface area contributed by atoms with Crippen molar-refractivity contribution in [2.75, 3.05) is 5.32 Å². The lowest BCUT2D eigenvalue weighted by Gasteiger charge is -2.17. The summed E-state index contributed by atoms with van der Waals surface area (Å²) in [7, 11) is 0. The fourth-order valence-corrected chi connectivity index (χ4v) is 3.18. The second-order valence-electron chi connectivity index (χ2n) is 7.04. The molecule has 8 nitrogen and oxygen atoms in total. The van der Waals surface area contributed by atoms with Crippen LogP contribution in [0.25, 0.3) is 16.9 Å². The quantitative estimate of drug-likeness (QED) is 0.452. The average Bonchev–Trinajstić information content (AvgIpc) is 3.21. The van der Waals surface area contributed by atoms with Crippen molar-refractivity contribution in [3.8, 4) is 23.3 Å². The number of ether oxygens (including phenoxy) is 1. The third-order valence-corrected chi connectivity index (χ3v) is 4.82. The van der Waals surface area contributed by atoms with Crippen LogP contribution in [0.15, 0.2) is 48.9 Å². The molecule has 3 aromatic heterocycles. The molecule has 0 aliphatic rings. The molecule has 32 heavy (non-hydrogen) atoms. The van der Waals surface area contributed by atoms with E-state index in [9.17, 15) is 14.0 Å². The van der Waals surface area contributed by atoms with E-state index in [2.05, 4.69) is 25.4 Å². The first-order valence-corrected chi connectivity index (χ1v) is 9.94. The third kappa shape index (κ3) is 4.32. The van der Waals surface area contributed by atoms with E-state index in [0.29, 0.717) is 29.1 Å². The Morgan fingerprint density at radius 1 is 1.28 bits per heavy atom. The molecule has 4 aromatic rings. The summed E-state index contributed by atoms with van der Waals surface area (Å²) in [6.07, 6.45) is 4.73. The van der Waals surface area contributed by atoms with Gasteiger partial charge in [0.05, 0.1) is 23.5 Å². The Kier molecular flexibility index (Phi) is 5.89. The highest BCUT2D eigenvalue weighted by atomic mass is 19.1. The van der Waals surface area contributed by atoms with Crippen molar-refractivity contribution in [2.24, 2.45) is 0 Å². The topological polar surface area (TPSA) is 101 Å². The summed E-state index contributed by atoms with van der Waals surface area (Å²) in [5.74, 6) is -0.983.